The van der Waals surface area contributed by atoms with Crippen LogP contribution in [0.4, 0.5) is 0 Å². The Morgan fingerprint density at radius 3 is 1.52 bits per heavy atom. The minimum absolute atomic E-state index is 0. The molecule has 1 atom stereocenters. The van der Waals surface area contributed by atoms with Gasteiger partial charge in [0, 0.05) is 0 Å². The van der Waals surface area contributed by atoms with Gasteiger partial charge in [-0.3, -0.25) is 6.08 Å². The van der Waals surface area contributed by atoms with E-state index in [1.165, 1.54) is 39.9 Å². The first kappa shape index (κ1) is 35.1. The average molecular weight is 640 g/mol. The zero-order valence-corrected chi connectivity index (χ0v) is 25.8. The van der Waals surface area contributed by atoms with Gasteiger partial charge in [-0.1, -0.05) is 124 Å². The molecule has 0 amide bonds. The van der Waals surface area contributed by atoms with E-state index in [1.807, 2.05) is 0 Å². The van der Waals surface area contributed by atoms with Crippen LogP contribution in [0.25, 0.3) is 5.73 Å². The monoisotopic (exact) mass is 640 g/mol. The Labute approximate surface area is 224 Å². The standard InChI is InChI=1S/C12H11Si.C9H13.C5H12N.2ClH.Hf/c1-3-7-11(8-4-1)13-12-9-5-2-6-10-12;1-6-5-7(2)9(4)8(6)3;1-2-3-4-5-6;;;/h1-10,13H;6H,1-4H3;6H,2-5H2,1H3;2*1H;/q;2*-1;;;+4/p-2. The van der Waals surface area contributed by atoms with Gasteiger partial charge in [0.15, 0.2) is 0 Å². The van der Waals surface area contributed by atoms with Crippen molar-refractivity contribution in [2.45, 2.75) is 53.9 Å². The van der Waals surface area contributed by atoms with Crippen molar-refractivity contribution in [3.05, 3.63) is 89.2 Å². The van der Waals surface area contributed by atoms with Crippen LogP contribution in [0.2, 0.25) is 0 Å². The molecule has 1 unspecified atom stereocenters. The average Bonchev–Trinajstić information content (AvgIpc) is 2.94. The third-order valence-corrected chi connectivity index (χ3v) is 6.39. The van der Waals surface area contributed by atoms with E-state index in [0.717, 1.165) is 6.42 Å². The van der Waals surface area contributed by atoms with Gasteiger partial charge in [0.25, 0.3) is 0 Å². The smallest absolute Gasteiger partial charge is 1.00 e. The summed E-state index contributed by atoms with van der Waals surface area (Å²) in [5.74, 6) is 0.560. The summed E-state index contributed by atoms with van der Waals surface area (Å²) in [6.45, 7) is 11.4. The summed E-state index contributed by atoms with van der Waals surface area (Å²) in [5, 5.41) is 2.90. The maximum atomic E-state index is 6.71. The van der Waals surface area contributed by atoms with Crippen molar-refractivity contribution in [2.75, 3.05) is 6.54 Å². The SMILES string of the molecule is CC1=[C-]C(C)C(C)=C1C.CCCCC[NH-].[Cl-].[Cl-].[Hf+4].c1ccc([SiH]c2ccccc2)cc1. The zero-order chi connectivity index (χ0) is 20.8. The molecular weight excluding hydrogens is 604 g/mol. The predicted molar refractivity (Wildman–Crippen MR) is 128 cm³/mol. The molecule has 1 aliphatic carbocycles. The third kappa shape index (κ3) is 15.1. The van der Waals surface area contributed by atoms with Crippen LogP contribution in [0, 0.1) is 12.0 Å². The second kappa shape index (κ2) is 21.4. The Hall–Kier alpha value is -0.453. The molecule has 1 nitrogen and oxygen atoms in total. The Bertz CT molecular complexity index is 692. The van der Waals surface area contributed by atoms with Crippen molar-refractivity contribution in [3.8, 4) is 0 Å². The summed E-state index contributed by atoms with van der Waals surface area (Å²) in [6, 6.07) is 21.3. The van der Waals surface area contributed by atoms with Crippen molar-refractivity contribution in [2.24, 2.45) is 5.92 Å². The van der Waals surface area contributed by atoms with E-state index in [9.17, 15) is 0 Å². The van der Waals surface area contributed by atoms with Gasteiger partial charge in [-0.05, 0) is 0 Å². The van der Waals surface area contributed by atoms with E-state index < -0.39 is 0 Å². The van der Waals surface area contributed by atoms with Gasteiger partial charge in [0.05, 0.1) is 0 Å². The van der Waals surface area contributed by atoms with Crippen LogP contribution in [-0.2, 0) is 25.8 Å². The van der Waals surface area contributed by atoms with Crippen LogP contribution in [0.3, 0.4) is 0 Å². The summed E-state index contributed by atoms with van der Waals surface area (Å²) in [6.07, 6.45) is 6.90. The number of rotatable bonds is 5. The number of hydrogen-bond acceptors (Lipinski definition) is 0. The molecule has 2 aromatic rings. The molecule has 1 N–H and O–H groups in total. The van der Waals surface area contributed by atoms with Crippen LogP contribution >= 0.6 is 0 Å². The molecule has 5 heteroatoms. The van der Waals surface area contributed by atoms with E-state index in [2.05, 4.69) is 101 Å². The molecule has 0 fully saturated rings. The topological polar surface area (TPSA) is 23.8 Å². The first-order valence-electron chi connectivity index (χ1n) is 10.4. The first-order chi connectivity index (χ1) is 13.5. The molecule has 0 saturated heterocycles. The Kier molecular flexibility index (Phi) is 24.3. The molecule has 1 radical (unpaired) electrons. The number of hydrogen-bond donors (Lipinski definition) is 0. The molecule has 167 valence electrons. The van der Waals surface area contributed by atoms with Gasteiger partial charge in [-0.25, -0.2) is 5.57 Å². The summed E-state index contributed by atoms with van der Waals surface area (Å²) in [7, 11) is 0.271. The van der Waals surface area contributed by atoms with Crippen molar-refractivity contribution >= 4 is 19.9 Å². The Morgan fingerprint density at radius 1 is 0.839 bits per heavy atom. The minimum Gasteiger partial charge on any atom is -1.00 e. The van der Waals surface area contributed by atoms with E-state index in [4.69, 9.17) is 5.73 Å². The van der Waals surface area contributed by atoms with E-state index in [1.54, 1.807) is 0 Å². The van der Waals surface area contributed by atoms with Crippen molar-refractivity contribution in [1.82, 2.24) is 0 Å². The van der Waals surface area contributed by atoms with Gasteiger partial charge in [-0.15, -0.1) is 6.92 Å². The fourth-order valence-corrected chi connectivity index (χ4v) is 4.04. The summed E-state index contributed by atoms with van der Waals surface area (Å²) < 4.78 is 0. The predicted octanol–water partition coefficient (Wildman–Crippen LogP) is 0.0302. The summed E-state index contributed by atoms with van der Waals surface area (Å²) in [4.78, 5) is 0. The number of benzene rings is 2. The van der Waals surface area contributed by atoms with E-state index in [0.29, 0.717) is 12.5 Å². The van der Waals surface area contributed by atoms with Crippen molar-refractivity contribution in [1.29, 1.82) is 0 Å². The van der Waals surface area contributed by atoms with E-state index >= 15 is 0 Å². The molecule has 2 aromatic carbocycles. The zero-order valence-electron chi connectivity index (χ0n) is 19.5. The largest absolute Gasteiger partial charge is 4.00 e. The van der Waals surface area contributed by atoms with Gasteiger partial charge in [0.1, 0.15) is 9.52 Å². The molecular formula is C26H36Cl2HfNSi. The Morgan fingerprint density at radius 2 is 1.29 bits per heavy atom. The van der Waals surface area contributed by atoms with Crippen molar-refractivity contribution in [3.63, 3.8) is 0 Å². The number of allylic oxidation sites excluding steroid dienone is 4. The third-order valence-electron chi connectivity index (χ3n) is 4.95. The second-order valence-electron chi connectivity index (χ2n) is 7.22. The number of nitrogens with one attached hydrogen (secondary N) is 1. The molecule has 0 aliphatic heterocycles. The number of halogens is 2. The Balaban J connectivity index is -0.000000388. The fraction of sp³-hybridized carbons (Fsp3) is 0.385. The van der Waals surface area contributed by atoms with E-state index in [-0.39, 0.29) is 60.2 Å². The normalized spacial score (nSPS) is 13.7. The molecule has 1 aliphatic rings. The van der Waals surface area contributed by atoms with Crippen LogP contribution in [0.15, 0.2) is 77.4 Å². The fourth-order valence-electron chi connectivity index (χ4n) is 2.83. The van der Waals surface area contributed by atoms with Crippen LogP contribution in [0.1, 0.15) is 53.9 Å². The maximum Gasteiger partial charge on any atom is 4.00 e. The quantitative estimate of drug-likeness (QED) is 0.251. The van der Waals surface area contributed by atoms with Gasteiger partial charge in [-0.2, -0.15) is 17.7 Å². The van der Waals surface area contributed by atoms with Crippen LogP contribution in [-0.4, -0.2) is 16.1 Å². The first-order valence-corrected chi connectivity index (χ1v) is 11.5. The molecule has 0 saturated carbocycles. The summed E-state index contributed by atoms with van der Waals surface area (Å²) >= 11 is 0. The second-order valence-corrected chi connectivity index (χ2v) is 8.84. The van der Waals surface area contributed by atoms with Gasteiger partial charge >= 0.3 is 25.8 Å². The van der Waals surface area contributed by atoms with Crippen LogP contribution < -0.4 is 35.2 Å². The van der Waals surface area contributed by atoms with Gasteiger partial charge < -0.3 is 30.5 Å². The molecule has 31 heavy (non-hydrogen) atoms. The molecule has 0 heterocycles. The molecule has 0 bridgehead atoms. The van der Waals surface area contributed by atoms with Crippen molar-refractivity contribution < 1.29 is 50.7 Å². The molecule has 3 rings (SSSR count). The summed E-state index contributed by atoms with van der Waals surface area (Å²) in [5.41, 5.74) is 11.0. The van der Waals surface area contributed by atoms with Gasteiger partial charge in [0.2, 0.25) is 0 Å². The number of unbranched alkanes of at least 4 members (excludes halogenated alkanes) is 2. The molecule has 0 aromatic heterocycles. The van der Waals surface area contributed by atoms with Crippen LogP contribution in [0.5, 0.6) is 0 Å². The molecule has 0 spiro atoms. The minimum atomic E-state index is 0. The maximum absolute atomic E-state index is 6.71.